The number of nitrogens with zero attached hydrogens (tertiary/aromatic N) is 1. The second-order valence-electron chi connectivity index (χ2n) is 5.67. The molecule has 1 saturated carbocycles. The lowest BCUT2D eigenvalue weighted by molar-refractivity contribution is -0.126. The van der Waals surface area contributed by atoms with E-state index in [4.69, 9.17) is 5.73 Å². The molecular formula is C16H25N3O. The molecule has 1 aromatic rings. The maximum absolute atomic E-state index is 12.2. The molecule has 1 amide bonds. The molecule has 0 aliphatic heterocycles. The molecule has 1 unspecified atom stereocenters. The number of nitrogens with one attached hydrogen (secondary N) is 1. The van der Waals surface area contributed by atoms with E-state index in [0.717, 1.165) is 5.56 Å². The molecule has 1 aliphatic rings. The first kappa shape index (κ1) is 15.0. The van der Waals surface area contributed by atoms with Gasteiger partial charge in [-0.05, 0) is 32.0 Å². The zero-order valence-electron chi connectivity index (χ0n) is 12.4. The van der Waals surface area contributed by atoms with Gasteiger partial charge in [0, 0.05) is 12.6 Å². The number of amides is 1. The van der Waals surface area contributed by atoms with Crippen LogP contribution < -0.4 is 11.1 Å². The van der Waals surface area contributed by atoms with Gasteiger partial charge < -0.3 is 10.6 Å². The highest BCUT2D eigenvalue weighted by molar-refractivity contribution is 5.86. The molecule has 3 N–H and O–H groups in total. The summed E-state index contributed by atoms with van der Waals surface area (Å²) in [6, 6.07) is 10.4. The van der Waals surface area contributed by atoms with Crippen LogP contribution in [0.2, 0.25) is 0 Å². The van der Waals surface area contributed by atoms with E-state index in [-0.39, 0.29) is 5.91 Å². The van der Waals surface area contributed by atoms with E-state index >= 15 is 0 Å². The summed E-state index contributed by atoms with van der Waals surface area (Å²) in [5.74, 6) is -0.309. The van der Waals surface area contributed by atoms with Crippen LogP contribution in [0.25, 0.3) is 0 Å². The Bertz CT molecular complexity index is 444. The van der Waals surface area contributed by atoms with E-state index in [2.05, 4.69) is 17.3 Å². The molecule has 2 rings (SSSR count). The van der Waals surface area contributed by atoms with Crippen molar-refractivity contribution in [2.45, 2.75) is 37.8 Å². The maximum atomic E-state index is 12.2. The number of nitrogens with two attached hydrogens (primary N) is 1. The molecule has 0 aromatic heterocycles. The zero-order valence-corrected chi connectivity index (χ0v) is 12.4. The summed E-state index contributed by atoms with van der Waals surface area (Å²) in [7, 11) is 2.09. The highest BCUT2D eigenvalue weighted by atomic mass is 16.1. The largest absolute Gasteiger partial charge is 0.368 e. The van der Waals surface area contributed by atoms with Gasteiger partial charge in [0.05, 0.1) is 0 Å². The number of carbonyl (C=O) groups excluding carboxylic acids is 1. The van der Waals surface area contributed by atoms with Crippen molar-refractivity contribution >= 4 is 5.91 Å². The van der Waals surface area contributed by atoms with Crippen molar-refractivity contribution in [2.24, 2.45) is 5.73 Å². The predicted molar refractivity (Wildman–Crippen MR) is 81.3 cm³/mol. The normalized spacial score (nSPS) is 18.6. The van der Waals surface area contributed by atoms with E-state index in [1.165, 1.54) is 19.3 Å². The van der Waals surface area contributed by atoms with E-state index in [1.54, 1.807) is 0 Å². The SMILES string of the molecule is CCNC(CN(C)C1CCC1)(C(N)=O)c1ccccc1. The Morgan fingerprint density at radius 1 is 1.40 bits per heavy atom. The minimum atomic E-state index is -0.805. The van der Waals surface area contributed by atoms with Gasteiger partial charge in [0.15, 0.2) is 0 Å². The molecule has 1 atom stereocenters. The van der Waals surface area contributed by atoms with Crippen LogP contribution in [0.1, 0.15) is 31.7 Å². The van der Waals surface area contributed by atoms with Crippen LogP contribution in [0, 0.1) is 0 Å². The predicted octanol–water partition coefficient (Wildman–Crippen LogP) is 1.46. The third-order valence-corrected chi connectivity index (χ3v) is 4.35. The summed E-state index contributed by atoms with van der Waals surface area (Å²) < 4.78 is 0. The highest BCUT2D eigenvalue weighted by Gasteiger charge is 2.40. The zero-order chi connectivity index (χ0) is 14.6. The first-order valence-electron chi connectivity index (χ1n) is 7.41. The van der Waals surface area contributed by atoms with E-state index < -0.39 is 5.54 Å². The quantitative estimate of drug-likeness (QED) is 0.792. The van der Waals surface area contributed by atoms with Gasteiger partial charge in [-0.1, -0.05) is 43.7 Å². The lowest BCUT2D eigenvalue weighted by Gasteiger charge is -2.41. The summed E-state index contributed by atoms with van der Waals surface area (Å²) in [4.78, 5) is 14.5. The van der Waals surface area contributed by atoms with Crippen molar-refractivity contribution < 1.29 is 4.79 Å². The molecule has 0 radical (unpaired) electrons. The first-order chi connectivity index (χ1) is 9.60. The van der Waals surface area contributed by atoms with Gasteiger partial charge >= 0.3 is 0 Å². The number of primary amides is 1. The highest BCUT2D eigenvalue weighted by Crippen LogP contribution is 2.28. The van der Waals surface area contributed by atoms with Crippen molar-refractivity contribution in [3.63, 3.8) is 0 Å². The topological polar surface area (TPSA) is 58.4 Å². The third kappa shape index (κ3) is 2.86. The summed E-state index contributed by atoms with van der Waals surface area (Å²) in [5, 5.41) is 3.33. The molecule has 0 heterocycles. The number of hydrogen-bond donors (Lipinski definition) is 2. The summed E-state index contributed by atoms with van der Waals surface area (Å²) >= 11 is 0. The molecule has 1 aromatic carbocycles. The monoisotopic (exact) mass is 275 g/mol. The Morgan fingerprint density at radius 2 is 2.05 bits per heavy atom. The van der Waals surface area contributed by atoms with Crippen LogP contribution in [0.5, 0.6) is 0 Å². The fourth-order valence-corrected chi connectivity index (χ4v) is 2.91. The van der Waals surface area contributed by atoms with Gasteiger partial charge in [0.1, 0.15) is 5.54 Å². The second kappa shape index (κ2) is 6.37. The van der Waals surface area contributed by atoms with Crippen molar-refractivity contribution in [3.05, 3.63) is 35.9 Å². The standard InChI is InChI=1S/C16H25N3O/c1-3-18-16(15(17)20,13-8-5-4-6-9-13)12-19(2)14-10-7-11-14/h4-6,8-9,14,18H,3,7,10-12H2,1-2H3,(H2,17,20). The molecule has 4 heteroatoms. The van der Waals surface area contributed by atoms with Crippen molar-refractivity contribution in [1.82, 2.24) is 10.2 Å². The van der Waals surface area contributed by atoms with Crippen LogP contribution in [0.4, 0.5) is 0 Å². The van der Waals surface area contributed by atoms with Gasteiger partial charge in [-0.15, -0.1) is 0 Å². The number of benzene rings is 1. The van der Waals surface area contributed by atoms with Crippen LogP contribution in [0.15, 0.2) is 30.3 Å². The smallest absolute Gasteiger partial charge is 0.243 e. The first-order valence-corrected chi connectivity index (χ1v) is 7.41. The summed E-state index contributed by atoms with van der Waals surface area (Å²) in [5.41, 5.74) is 5.91. The fourth-order valence-electron chi connectivity index (χ4n) is 2.91. The van der Waals surface area contributed by atoms with Gasteiger partial charge in [-0.25, -0.2) is 0 Å². The van der Waals surface area contributed by atoms with Crippen molar-refractivity contribution in [2.75, 3.05) is 20.1 Å². The summed E-state index contributed by atoms with van der Waals surface area (Å²) in [6.45, 7) is 3.32. The van der Waals surface area contributed by atoms with Gasteiger partial charge in [-0.2, -0.15) is 0 Å². The Kier molecular flexibility index (Phi) is 4.78. The number of hydrogen-bond acceptors (Lipinski definition) is 3. The number of carbonyl (C=O) groups is 1. The molecule has 1 aliphatic carbocycles. The van der Waals surface area contributed by atoms with Crippen LogP contribution in [-0.2, 0) is 10.3 Å². The van der Waals surface area contributed by atoms with Crippen LogP contribution >= 0.6 is 0 Å². The molecule has 0 spiro atoms. The van der Waals surface area contributed by atoms with Gasteiger partial charge in [0.2, 0.25) is 5.91 Å². The molecule has 4 nitrogen and oxygen atoms in total. The Labute approximate surface area is 121 Å². The summed E-state index contributed by atoms with van der Waals surface area (Å²) in [6.07, 6.45) is 3.71. The molecule has 0 bridgehead atoms. The van der Waals surface area contributed by atoms with Crippen molar-refractivity contribution in [1.29, 1.82) is 0 Å². The minimum Gasteiger partial charge on any atom is -0.368 e. The number of rotatable bonds is 7. The maximum Gasteiger partial charge on any atom is 0.243 e. The Balaban J connectivity index is 2.29. The molecular weight excluding hydrogens is 250 g/mol. The molecule has 1 fully saturated rings. The lowest BCUT2D eigenvalue weighted by Crippen LogP contribution is -2.60. The fraction of sp³-hybridized carbons (Fsp3) is 0.562. The van der Waals surface area contributed by atoms with Crippen LogP contribution in [0.3, 0.4) is 0 Å². The van der Waals surface area contributed by atoms with E-state index in [1.807, 2.05) is 37.3 Å². The Morgan fingerprint density at radius 3 is 2.50 bits per heavy atom. The molecule has 20 heavy (non-hydrogen) atoms. The third-order valence-electron chi connectivity index (χ3n) is 4.35. The van der Waals surface area contributed by atoms with Gasteiger partial charge in [-0.3, -0.25) is 10.1 Å². The number of likely N-dealkylation sites (N-methyl/N-ethyl adjacent to an activating group) is 2. The van der Waals surface area contributed by atoms with Gasteiger partial charge in [0.25, 0.3) is 0 Å². The Hall–Kier alpha value is -1.39. The average Bonchev–Trinajstić information content (AvgIpc) is 2.36. The lowest BCUT2D eigenvalue weighted by atomic mass is 9.85. The van der Waals surface area contributed by atoms with Crippen molar-refractivity contribution in [3.8, 4) is 0 Å². The molecule has 110 valence electrons. The second-order valence-corrected chi connectivity index (χ2v) is 5.67. The van der Waals surface area contributed by atoms with E-state index in [9.17, 15) is 4.79 Å². The van der Waals surface area contributed by atoms with E-state index in [0.29, 0.717) is 19.1 Å². The molecule has 0 saturated heterocycles. The van der Waals surface area contributed by atoms with Crippen LogP contribution in [-0.4, -0.2) is 37.0 Å². The minimum absolute atomic E-state index is 0.309. The average molecular weight is 275 g/mol.